The average Bonchev–Trinajstić information content (AvgIpc) is 2.91. The molecular weight excluding hydrogens is 248 g/mol. The molecule has 1 heterocycles. The molecule has 0 aliphatic rings. The molecular formula is C17H22N2O. The van der Waals surface area contributed by atoms with Gasteiger partial charge in [-0.15, -0.1) is 5.10 Å². The fourth-order valence-corrected chi connectivity index (χ4v) is 2.03. The van der Waals surface area contributed by atoms with E-state index in [1.807, 2.05) is 41.2 Å². The maximum Gasteiger partial charge on any atom is 0.240 e. The highest BCUT2D eigenvalue weighted by Gasteiger charge is 2.08. The van der Waals surface area contributed by atoms with Gasteiger partial charge in [-0.3, -0.25) is 0 Å². The predicted octanol–water partition coefficient (Wildman–Crippen LogP) is 4.47. The van der Waals surface area contributed by atoms with Crippen molar-refractivity contribution in [3.63, 3.8) is 0 Å². The normalized spacial score (nSPS) is 10.4. The van der Waals surface area contributed by atoms with E-state index >= 15 is 0 Å². The van der Waals surface area contributed by atoms with Crippen LogP contribution in [0, 0.1) is 0 Å². The molecule has 2 aromatic rings. The van der Waals surface area contributed by atoms with E-state index in [0.717, 1.165) is 17.7 Å². The quantitative estimate of drug-likeness (QED) is 0.661. The van der Waals surface area contributed by atoms with Gasteiger partial charge < -0.3 is 4.74 Å². The highest BCUT2D eigenvalue weighted by Crippen LogP contribution is 2.20. The molecule has 20 heavy (non-hydrogen) atoms. The lowest BCUT2D eigenvalue weighted by Crippen LogP contribution is -2.00. The zero-order chi connectivity index (χ0) is 14.2. The molecule has 0 unspecified atom stereocenters. The first-order chi connectivity index (χ1) is 9.85. The number of hydrogen-bond donors (Lipinski definition) is 0. The molecule has 0 saturated carbocycles. The Labute approximate surface area is 120 Å². The van der Waals surface area contributed by atoms with Crippen molar-refractivity contribution in [2.45, 2.75) is 32.6 Å². The molecule has 0 fully saturated rings. The van der Waals surface area contributed by atoms with Crippen molar-refractivity contribution in [1.29, 1.82) is 0 Å². The van der Waals surface area contributed by atoms with Crippen LogP contribution in [-0.2, 0) is 0 Å². The molecule has 3 nitrogen and oxygen atoms in total. The molecule has 2 rings (SSSR count). The summed E-state index contributed by atoms with van der Waals surface area (Å²) in [4.78, 5) is 0. The van der Waals surface area contributed by atoms with Gasteiger partial charge in [0.25, 0.3) is 0 Å². The first kappa shape index (κ1) is 14.4. The minimum absolute atomic E-state index is 0.667. The van der Waals surface area contributed by atoms with Gasteiger partial charge in [0.15, 0.2) is 0 Å². The van der Waals surface area contributed by atoms with Crippen molar-refractivity contribution in [3.8, 4) is 11.6 Å². The number of hydrogen-bond acceptors (Lipinski definition) is 2. The Morgan fingerprint density at radius 1 is 1.20 bits per heavy atom. The van der Waals surface area contributed by atoms with E-state index in [2.05, 4.69) is 18.6 Å². The van der Waals surface area contributed by atoms with Gasteiger partial charge in [0.1, 0.15) is 0 Å². The summed E-state index contributed by atoms with van der Waals surface area (Å²) in [5.74, 6) is 0.667. The number of nitrogens with zero attached hydrogens (tertiary/aromatic N) is 2. The van der Waals surface area contributed by atoms with Gasteiger partial charge in [0.2, 0.25) is 5.88 Å². The minimum atomic E-state index is 0.667. The number of unbranched alkanes of at least 4 members (excludes halogenated alkanes) is 3. The van der Waals surface area contributed by atoms with E-state index < -0.39 is 0 Å². The maximum atomic E-state index is 5.77. The topological polar surface area (TPSA) is 27.1 Å². The van der Waals surface area contributed by atoms with Gasteiger partial charge in [-0.25, -0.2) is 4.68 Å². The molecule has 0 aliphatic carbocycles. The van der Waals surface area contributed by atoms with Gasteiger partial charge in [-0.05, 0) is 18.6 Å². The van der Waals surface area contributed by atoms with E-state index in [0.29, 0.717) is 12.5 Å². The van der Waals surface area contributed by atoms with Gasteiger partial charge in [-0.2, -0.15) is 0 Å². The molecule has 0 amide bonds. The zero-order valence-corrected chi connectivity index (χ0v) is 12.1. The van der Waals surface area contributed by atoms with Crippen LogP contribution in [0.1, 0.15) is 38.2 Å². The van der Waals surface area contributed by atoms with Crippen LogP contribution in [0.4, 0.5) is 0 Å². The Morgan fingerprint density at radius 2 is 2.00 bits per heavy atom. The number of rotatable bonds is 8. The lowest BCUT2D eigenvalue weighted by Gasteiger charge is -2.03. The Bertz CT molecular complexity index is 531. The fourth-order valence-electron chi connectivity index (χ4n) is 2.03. The standard InChI is InChI=1S/C17H22N2O/c1-3-5-6-10-13-20-17-15(4-2)14-19(18-17)16-11-8-7-9-12-16/h4,7-9,11-12,14H,2-3,5-6,10,13H2,1H3. The van der Waals surface area contributed by atoms with Gasteiger partial charge in [0.05, 0.1) is 17.9 Å². The fraction of sp³-hybridized carbons (Fsp3) is 0.353. The van der Waals surface area contributed by atoms with Crippen molar-refractivity contribution >= 4 is 6.08 Å². The van der Waals surface area contributed by atoms with E-state index in [1.165, 1.54) is 19.3 Å². The number of benzene rings is 1. The van der Waals surface area contributed by atoms with E-state index in [4.69, 9.17) is 4.74 Å². The average molecular weight is 270 g/mol. The third-order valence-corrected chi connectivity index (χ3v) is 3.18. The molecule has 0 radical (unpaired) electrons. The van der Waals surface area contributed by atoms with Crippen LogP contribution in [-0.4, -0.2) is 16.4 Å². The van der Waals surface area contributed by atoms with Crippen LogP contribution in [0.15, 0.2) is 43.1 Å². The molecule has 0 N–H and O–H groups in total. The molecule has 0 spiro atoms. The zero-order valence-electron chi connectivity index (χ0n) is 12.1. The van der Waals surface area contributed by atoms with Crippen LogP contribution in [0.2, 0.25) is 0 Å². The summed E-state index contributed by atoms with van der Waals surface area (Å²) in [5.41, 5.74) is 1.96. The Kier molecular flexibility index (Phi) is 5.42. The van der Waals surface area contributed by atoms with Crippen LogP contribution >= 0.6 is 0 Å². The predicted molar refractivity (Wildman–Crippen MR) is 83.3 cm³/mol. The van der Waals surface area contributed by atoms with Crippen molar-refractivity contribution in [3.05, 3.63) is 48.7 Å². The number of ether oxygens (including phenoxy) is 1. The van der Waals surface area contributed by atoms with Gasteiger partial charge in [0, 0.05) is 6.20 Å². The summed E-state index contributed by atoms with van der Waals surface area (Å²) in [6, 6.07) is 10.0. The molecule has 1 aromatic heterocycles. The molecule has 0 aliphatic heterocycles. The highest BCUT2D eigenvalue weighted by molar-refractivity contribution is 5.53. The molecule has 0 bridgehead atoms. The first-order valence-electron chi connectivity index (χ1n) is 7.25. The second-order valence-corrected chi connectivity index (χ2v) is 4.78. The second kappa shape index (κ2) is 7.53. The smallest absolute Gasteiger partial charge is 0.240 e. The summed E-state index contributed by atoms with van der Waals surface area (Å²) >= 11 is 0. The number of para-hydroxylation sites is 1. The van der Waals surface area contributed by atoms with E-state index in [9.17, 15) is 0 Å². The Hall–Kier alpha value is -2.03. The maximum absolute atomic E-state index is 5.77. The lowest BCUT2D eigenvalue weighted by atomic mass is 10.2. The first-order valence-corrected chi connectivity index (χ1v) is 7.25. The van der Waals surface area contributed by atoms with Crippen molar-refractivity contribution in [1.82, 2.24) is 9.78 Å². The largest absolute Gasteiger partial charge is 0.476 e. The van der Waals surface area contributed by atoms with E-state index in [-0.39, 0.29) is 0 Å². The second-order valence-electron chi connectivity index (χ2n) is 4.78. The Balaban J connectivity index is 2.02. The van der Waals surface area contributed by atoms with Gasteiger partial charge in [-0.1, -0.05) is 57.0 Å². The summed E-state index contributed by atoms with van der Waals surface area (Å²) in [6.45, 7) is 6.74. The summed E-state index contributed by atoms with van der Waals surface area (Å²) in [7, 11) is 0. The Morgan fingerprint density at radius 3 is 2.70 bits per heavy atom. The molecule has 3 heteroatoms. The molecule has 0 atom stereocenters. The van der Waals surface area contributed by atoms with E-state index in [1.54, 1.807) is 6.08 Å². The number of aromatic nitrogens is 2. The monoisotopic (exact) mass is 270 g/mol. The summed E-state index contributed by atoms with van der Waals surface area (Å²) in [6.07, 6.45) is 8.51. The third-order valence-electron chi connectivity index (χ3n) is 3.18. The molecule has 0 saturated heterocycles. The van der Waals surface area contributed by atoms with Crippen LogP contribution in [0.5, 0.6) is 5.88 Å². The van der Waals surface area contributed by atoms with Crippen LogP contribution in [0.3, 0.4) is 0 Å². The summed E-state index contributed by atoms with van der Waals surface area (Å²) in [5, 5.41) is 4.49. The highest BCUT2D eigenvalue weighted by atomic mass is 16.5. The molecule has 106 valence electrons. The van der Waals surface area contributed by atoms with Gasteiger partial charge >= 0.3 is 0 Å². The SMILES string of the molecule is C=Cc1cn(-c2ccccc2)nc1OCCCCCC. The third kappa shape index (κ3) is 3.73. The van der Waals surface area contributed by atoms with Crippen molar-refractivity contribution < 1.29 is 4.74 Å². The van der Waals surface area contributed by atoms with Crippen molar-refractivity contribution in [2.24, 2.45) is 0 Å². The molecule has 1 aromatic carbocycles. The minimum Gasteiger partial charge on any atom is -0.476 e. The summed E-state index contributed by atoms with van der Waals surface area (Å²) < 4.78 is 7.61. The lowest BCUT2D eigenvalue weighted by molar-refractivity contribution is 0.291. The van der Waals surface area contributed by atoms with Crippen molar-refractivity contribution in [2.75, 3.05) is 6.61 Å². The van der Waals surface area contributed by atoms with Crippen LogP contribution < -0.4 is 4.74 Å². The van der Waals surface area contributed by atoms with Crippen LogP contribution in [0.25, 0.3) is 11.8 Å².